The van der Waals surface area contributed by atoms with E-state index in [1.165, 1.54) is 12.1 Å². The Hall–Kier alpha value is -0.880. The highest BCUT2D eigenvalue weighted by Gasteiger charge is 1.99. The molecule has 1 rings (SSSR count). The Morgan fingerprint density at radius 1 is 1.55 bits per heavy atom. The minimum Gasteiger partial charge on any atom is -0.207 e. The van der Waals surface area contributed by atoms with E-state index in [2.05, 4.69) is 15.9 Å². The van der Waals surface area contributed by atoms with Gasteiger partial charge in [0.1, 0.15) is 5.82 Å². The van der Waals surface area contributed by atoms with Crippen LogP contribution in [0.25, 0.3) is 0 Å². The van der Waals surface area contributed by atoms with Gasteiger partial charge in [-0.2, -0.15) is 5.26 Å². The average molecular weight is 214 g/mol. The van der Waals surface area contributed by atoms with Crippen molar-refractivity contribution in [2.45, 2.75) is 6.42 Å². The van der Waals surface area contributed by atoms with Crippen LogP contribution in [0.2, 0.25) is 0 Å². The first-order valence-electron chi connectivity index (χ1n) is 3.05. The molecular weight excluding hydrogens is 209 g/mol. The summed E-state index contributed by atoms with van der Waals surface area (Å²) in [6.45, 7) is 0. The molecule has 0 amide bonds. The van der Waals surface area contributed by atoms with Crippen molar-refractivity contribution in [1.82, 2.24) is 0 Å². The van der Waals surface area contributed by atoms with Gasteiger partial charge in [0.15, 0.2) is 0 Å². The number of hydrogen-bond donors (Lipinski definition) is 0. The van der Waals surface area contributed by atoms with Crippen LogP contribution >= 0.6 is 15.9 Å². The average Bonchev–Trinajstić information content (AvgIpc) is 1.98. The van der Waals surface area contributed by atoms with Crippen LogP contribution in [0.3, 0.4) is 0 Å². The van der Waals surface area contributed by atoms with Gasteiger partial charge in [-0.15, -0.1) is 0 Å². The number of rotatable bonds is 1. The number of halogens is 2. The second-order valence-corrected chi connectivity index (χ2v) is 2.92. The summed E-state index contributed by atoms with van der Waals surface area (Å²) in [5, 5.41) is 8.34. The van der Waals surface area contributed by atoms with Crippen LogP contribution in [0.5, 0.6) is 0 Å². The highest BCUT2D eigenvalue weighted by Crippen LogP contribution is 2.17. The summed E-state index contributed by atoms with van der Waals surface area (Å²) in [6.07, 6.45) is 0.234. The molecule has 0 aliphatic carbocycles. The van der Waals surface area contributed by atoms with Crippen molar-refractivity contribution in [1.29, 1.82) is 5.26 Å². The quantitative estimate of drug-likeness (QED) is 0.704. The molecule has 0 fully saturated rings. The van der Waals surface area contributed by atoms with Crippen LogP contribution in [0.4, 0.5) is 4.39 Å². The van der Waals surface area contributed by atoms with E-state index in [0.717, 1.165) is 4.47 Å². The first-order valence-corrected chi connectivity index (χ1v) is 3.84. The van der Waals surface area contributed by atoms with Gasteiger partial charge in [-0.3, -0.25) is 0 Å². The van der Waals surface area contributed by atoms with Crippen molar-refractivity contribution in [3.05, 3.63) is 34.1 Å². The van der Waals surface area contributed by atoms with Gasteiger partial charge in [-0.1, -0.05) is 15.9 Å². The Morgan fingerprint density at radius 3 is 2.91 bits per heavy atom. The minimum atomic E-state index is -0.307. The minimum absolute atomic E-state index is 0.234. The molecular formula is C8H5BrFN. The maximum atomic E-state index is 12.5. The molecule has 0 spiro atoms. The maximum absolute atomic E-state index is 12.5. The molecule has 11 heavy (non-hydrogen) atoms. The summed E-state index contributed by atoms with van der Waals surface area (Å²) < 4.78 is 13.3. The molecule has 0 N–H and O–H groups in total. The van der Waals surface area contributed by atoms with Gasteiger partial charge in [-0.05, 0) is 23.8 Å². The number of benzene rings is 1. The molecule has 1 aromatic carbocycles. The molecule has 0 aliphatic heterocycles. The van der Waals surface area contributed by atoms with E-state index in [9.17, 15) is 4.39 Å². The van der Waals surface area contributed by atoms with Gasteiger partial charge in [-0.25, -0.2) is 4.39 Å². The predicted octanol–water partition coefficient (Wildman–Crippen LogP) is 2.65. The molecule has 0 atom stereocenters. The van der Waals surface area contributed by atoms with Crippen LogP contribution in [-0.4, -0.2) is 0 Å². The molecule has 0 unspecified atom stereocenters. The van der Waals surface area contributed by atoms with E-state index in [-0.39, 0.29) is 12.2 Å². The zero-order valence-electron chi connectivity index (χ0n) is 5.64. The van der Waals surface area contributed by atoms with E-state index in [1.807, 2.05) is 6.07 Å². The van der Waals surface area contributed by atoms with Crippen LogP contribution in [0.1, 0.15) is 5.56 Å². The number of nitriles is 1. The Kier molecular flexibility index (Phi) is 2.61. The van der Waals surface area contributed by atoms with Gasteiger partial charge in [0.25, 0.3) is 0 Å². The van der Waals surface area contributed by atoms with Gasteiger partial charge < -0.3 is 0 Å². The summed E-state index contributed by atoms with van der Waals surface area (Å²) in [4.78, 5) is 0. The summed E-state index contributed by atoms with van der Waals surface area (Å²) in [7, 11) is 0. The topological polar surface area (TPSA) is 23.8 Å². The van der Waals surface area contributed by atoms with E-state index in [0.29, 0.717) is 5.56 Å². The van der Waals surface area contributed by atoms with Crippen molar-refractivity contribution < 1.29 is 4.39 Å². The van der Waals surface area contributed by atoms with Gasteiger partial charge in [0.2, 0.25) is 0 Å². The van der Waals surface area contributed by atoms with Crippen LogP contribution < -0.4 is 0 Å². The zero-order valence-corrected chi connectivity index (χ0v) is 7.23. The van der Waals surface area contributed by atoms with Gasteiger partial charge in [0.05, 0.1) is 12.5 Å². The SMILES string of the molecule is N#CCc1cc(F)ccc1Br. The predicted molar refractivity (Wildman–Crippen MR) is 43.4 cm³/mol. The fraction of sp³-hybridized carbons (Fsp3) is 0.125. The largest absolute Gasteiger partial charge is 0.207 e. The van der Waals surface area contributed by atoms with Crippen LogP contribution in [-0.2, 0) is 6.42 Å². The highest BCUT2D eigenvalue weighted by molar-refractivity contribution is 9.10. The van der Waals surface area contributed by atoms with E-state index in [1.54, 1.807) is 6.07 Å². The van der Waals surface area contributed by atoms with Crippen molar-refractivity contribution in [3.63, 3.8) is 0 Å². The standard InChI is InChI=1S/C8H5BrFN/c9-8-2-1-7(10)5-6(8)3-4-11/h1-2,5H,3H2. The fourth-order valence-electron chi connectivity index (χ4n) is 0.764. The second-order valence-electron chi connectivity index (χ2n) is 2.07. The smallest absolute Gasteiger partial charge is 0.123 e. The molecule has 0 heterocycles. The second kappa shape index (κ2) is 3.49. The molecule has 56 valence electrons. The maximum Gasteiger partial charge on any atom is 0.123 e. The van der Waals surface area contributed by atoms with Gasteiger partial charge >= 0.3 is 0 Å². The molecule has 0 saturated carbocycles. The lowest BCUT2D eigenvalue weighted by Gasteiger charge is -1.97. The van der Waals surface area contributed by atoms with Crippen LogP contribution in [0.15, 0.2) is 22.7 Å². The summed E-state index contributed by atoms with van der Waals surface area (Å²) >= 11 is 3.21. The van der Waals surface area contributed by atoms with Crippen molar-refractivity contribution >= 4 is 15.9 Å². The fourth-order valence-corrected chi connectivity index (χ4v) is 1.15. The van der Waals surface area contributed by atoms with Crippen molar-refractivity contribution in [2.75, 3.05) is 0 Å². The lowest BCUT2D eigenvalue weighted by Crippen LogP contribution is -1.85. The Bertz CT molecular complexity index is 303. The third kappa shape index (κ3) is 2.02. The zero-order chi connectivity index (χ0) is 8.27. The monoisotopic (exact) mass is 213 g/mol. The first-order chi connectivity index (χ1) is 5.24. The van der Waals surface area contributed by atoms with E-state index >= 15 is 0 Å². The Morgan fingerprint density at radius 2 is 2.27 bits per heavy atom. The lowest BCUT2D eigenvalue weighted by atomic mass is 10.2. The molecule has 1 aromatic rings. The summed E-state index contributed by atoms with van der Waals surface area (Å²) in [5.74, 6) is -0.307. The first kappa shape index (κ1) is 8.22. The van der Waals surface area contributed by atoms with Gasteiger partial charge in [0, 0.05) is 4.47 Å². The Balaban J connectivity index is 3.05. The van der Waals surface area contributed by atoms with E-state index < -0.39 is 0 Å². The molecule has 0 aromatic heterocycles. The molecule has 0 radical (unpaired) electrons. The Labute approximate surface area is 72.6 Å². The molecule has 1 nitrogen and oxygen atoms in total. The summed E-state index contributed by atoms with van der Waals surface area (Å²) in [5.41, 5.74) is 0.688. The lowest BCUT2D eigenvalue weighted by molar-refractivity contribution is 0.626. The number of hydrogen-bond acceptors (Lipinski definition) is 1. The molecule has 0 saturated heterocycles. The highest BCUT2D eigenvalue weighted by atomic mass is 79.9. The van der Waals surface area contributed by atoms with Crippen molar-refractivity contribution in [3.8, 4) is 6.07 Å². The van der Waals surface area contributed by atoms with Crippen LogP contribution in [0, 0.1) is 17.1 Å². The number of nitrogens with zero attached hydrogens (tertiary/aromatic N) is 1. The van der Waals surface area contributed by atoms with E-state index in [4.69, 9.17) is 5.26 Å². The molecule has 3 heteroatoms. The molecule has 0 bridgehead atoms. The molecule has 0 aliphatic rings. The summed E-state index contributed by atoms with van der Waals surface area (Å²) in [6, 6.07) is 6.26. The third-order valence-electron chi connectivity index (χ3n) is 1.28. The van der Waals surface area contributed by atoms with Crippen molar-refractivity contribution in [2.24, 2.45) is 0 Å². The normalized spacial score (nSPS) is 9.18. The third-order valence-corrected chi connectivity index (χ3v) is 2.05.